The summed E-state index contributed by atoms with van der Waals surface area (Å²) in [6.07, 6.45) is 1.82. The van der Waals surface area contributed by atoms with Crippen molar-refractivity contribution in [2.75, 3.05) is 19.0 Å². The molecule has 0 amide bonds. The summed E-state index contributed by atoms with van der Waals surface area (Å²) in [5, 5.41) is 11.3. The van der Waals surface area contributed by atoms with E-state index in [0.717, 1.165) is 29.4 Å². The molecule has 1 saturated heterocycles. The molecule has 1 fully saturated rings. The number of benzene rings is 2. The highest BCUT2D eigenvalue weighted by atomic mass is 32.2. The first-order chi connectivity index (χ1) is 13.9. The Morgan fingerprint density at radius 3 is 2.52 bits per heavy atom. The van der Waals surface area contributed by atoms with Crippen molar-refractivity contribution in [3.05, 3.63) is 64.4 Å². The van der Waals surface area contributed by atoms with Crippen LogP contribution in [-0.4, -0.2) is 37.2 Å². The fourth-order valence-electron chi connectivity index (χ4n) is 3.73. The lowest BCUT2D eigenvalue weighted by Gasteiger charge is -2.24. The van der Waals surface area contributed by atoms with E-state index in [4.69, 9.17) is 15.0 Å². The highest BCUT2D eigenvalue weighted by Crippen LogP contribution is 2.28. The molecule has 0 aliphatic carbocycles. The minimum atomic E-state index is -3.53. The van der Waals surface area contributed by atoms with Gasteiger partial charge in [-0.15, -0.1) is 0 Å². The van der Waals surface area contributed by atoms with Crippen LogP contribution >= 0.6 is 0 Å². The average Bonchev–Trinajstić information content (AvgIpc) is 2.73. The van der Waals surface area contributed by atoms with E-state index in [1.54, 1.807) is 4.68 Å². The van der Waals surface area contributed by atoms with Crippen LogP contribution < -0.4 is 10.7 Å². The number of nitrogens with zero attached hydrogens (tertiary/aromatic N) is 2. The number of hydrogen-bond donors (Lipinski definition) is 1. The fourth-order valence-corrected chi connectivity index (χ4v) is 4.25. The van der Waals surface area contributed by atoms with Crippen LogP contribution in [-0.2, 0) is 21.2 Å². The van der Waals surface area contributed by atoms with Gasteiger partial charge in [0.15, 0.2) is 0 Å². The molecule has 2 N–H and O–H groups in total. The van der Waals surface area contributed by atoms with Gasteiger partial charge in [0.25, 0.3) is 5.56 Å². The van der Waals surface area contributed by atoms with E-state index in [9.17, 15) is 13.2 Å². The van der Waals surface area contributed by atoms with Gasteiger partial charge in [-0.25, -0.2) is 18.2 Å². The zero-order chi connectivity index (χ0) is 20.4. The Labute approximate surface area is 169 Å². The SMILES string of the molecule is NS(=O)(=O)CCc1cccc(-c2nn(C3CCOCC3)c(=O)c3ccccc23)c1. The highest BCUT2D eigenvalue weighted by molar-refractivity contribution is 7.89. The molecule has 2 aromatic carbocycles. The van der Waals surface area contributed by atoms with E-state index in [0.29, 0.717) is 30.7 Å². The van der Waals surface area contributed by atoms with Gasteiger partial charge in [-0.1, -0.05) is 36.4 Å². The van der Waals surface area contributed by atoms with Crippen molar-refractivity contribution in [3.63, 3.8) is 0 Å². The predicted octanol–water partition coefficient (Wildman–Crippen LogP) is 2.25. The van der Waals surface area contributed by atoms with Crippen LogP contribution in [0.5, 0.6) is 0 Å². The molecule has 0 spiro atoms. The van der Waals surface area contributed by atoms with Crippen molar-refractivity contribution in [1.29, 1.82) is 0 Å². The van der Waals surface area contributed by atoms with Crippen LogP contribution in [0.4, 0.5) is 0 Å². The molecular weight excluding hydrogens is 390 g/mol. The normalized spacial score (nSPS) is 15.6. The van der Waals surface area contributed by atoms with Crippen LogP contribution in [0, 0.1) is 0 Å². The van der Waals surface area contributed by atoms with Gasteiger partial charge in [-0.05, 0) is 37.0 Å². The molecule has 152 valence electrons. The van der Waals surface area contributed by atoms with Crippen molar-refractivity contribution < 1.29 is 13.2 Å². The van der Waals surface area contributed by atoms with Gasteiger partial charge >= 0.3 is 0 Å². The molecule has 0 bridgehead atoms. The second-order valence-corrected chi connectivity index (χ2v) is 9.04. The third kappa shape index (κ3) is 4.39. The van der Waals surface area contributed by atoms with Crippen molar-refractivity contribution in [2.24, 2.45) is 5.14 Å². The molecule has 1 aromatic heterocycles. The molecule has 1 aliphatic heterocycles. The number of rotatable bonds is 5. The van der Waals surface area contributed by atoms with Gasteiger partial charge in [0.2, 0.25) is 10.0 Å². The number of fused-ring (bicyclic) bond motifs is 1. The van der Waals surface area contributed by atoms with E-state index >= 15 is 0 Å². The largest absolute Gasteiger partial charge is 0.381 e. The summed E-state index contributed by atoms with van der Waals surface area (Å²) < 4.78 is 29.6. The molecule has 0 atom stereocenters. The van der Waals surface area contributed by atoms with Crippen LogP contribution in [0.25, 0.3) is 22.0 Å². The van der Waals surface area contributed by atoms with Gasteiger partial charge in [-0.2, -0.15) is 5.10 Å². The van der Waals surface area contributed by atoms with Gasteiger partial charge in [0.1, 0.15) is 0 Å². The fraction of sp³-hybridized carbons (Fsp3) is 0.333. The summed E-state index contributed by atoms with van der Waals surface area (Å²) in [6.45, 7) is 1.23. The minimum absolute atomic E-state index is 0.00479. The molecule has 1 aliphatic rings. The number of aromatic nitrogens is 2. The van der Waals surface area contributed by atoms with E-state index < -0.39 is 10.0 Å². The zero-order valence-electron chi connectivity index (χ0n) is 16.0. The number of ether oxygens (including phenoxy) is 1. The van der Waals surface area contributed by atoms with Gasteiger partial charge in [-0.3, -0.25) is 4.79 Å². The van der Waals surface area contributed by atoms with Gasteiger partial charge in [0.05, 0.1) is 22.9 Å². The van der Waals surface area contributed by atoms with Crippen molar-refractivity contribution in [1.82, 2.24) is 9.78 Å². The maximum Gasteiger partial charge on any atom is 0.274 e. The molecule has 29 heavy (non-hydrogen) atoms. The van der Waals surface area contributed by atoms with Crippen LogP contribution in [0.3, 0.4) is 0 Å². The zero-order valence-corrected chi connectivity index (χ0v) is 16.8. The van der Waals surface area contributed by atoms with Gasteiger partial charge in [0, 0.05) is 24.2 Å². The number of primary sulfonamides is 1. The molecule has 0 unspecified atom stereocenters. The summed E-state index contributed by atoms with van der Waals surface area (Å²) >= 11 is 0. The molecule has 0 saturated carbocycles. The maximum atomic E-state index is 13.1. The number of nitrogens with two attached hydrogens (primary N) is 1. The first-order valence-electron chi connectivity index (χ1n) is 9.61. The van der Waals surface area contributed by atoms with Crippen molar-refractivity contribution in [2.45, 2.75) is 25.3 Å². The first kappa shape index (κ1) is 19.8. The van der Waals surface area contributed by atoms with Crippen LogP contribution in [0.1, 0.15) is 24.4 Å². The lowest BCUT2D eigenvalue weighted by atomic mass is 10.0. The van der Waals surface area contributed by atoms with Gasteiger partial charge < -0.3 is 4.74 Å². The monoisotopic (exact) mass is 413 g/mol. The molecule has 8 heteroatoms. The number of hydrogen-bond acceptors (Lipinski definition) is 5. The van der Waals surface area contributed by atoms with E-state index in [-0.39, 0.29) is 17.4 Å². The first-order valence-corrected chi connectivity index (χ1v) is 11.3. The average molecular weight is 413 g/mol. The standard InChI is InChI=1S/C21H23N3O4S/c22-29(26,27)13-10-15-4-3-5-16(14-15)20-18-6-1-2-7-19(18)21(25)24(23-20)17-8-11-28-12-9-17/h1-7,14,17H,8-13H2,(H2,22,26,27). The molecule has 3 aromatic rings. The Bertz CT molecular complexity index is 1200. The minimum Gasteiger partial charge on any atom is -0.381 e. The lowest BCUT2D eigenvalue weighted by Crippen LogP contribution is -2.31. The van der Waals surface area contributed by atoms with Crippen molar-refractivity contribution in [3.8, 4) is 11.3 Å². The Hall–Kier alpha value is -2.55. The maximum absolute atomic E-state index is 13.1. The Morgan fingerprint density at radius 1 is 1.07 bits per heavy atom. The molecule has 7 nitrogen and oxygen atoms in total. The van der Waals surface area contributed by atoms with Crippen molar-refractivity contribution >= 4 is 20.8 Å². The summed E-state index contributed by atoms with van der Waals surface area (Å²) in [4.78, 5) is 13.1. The Morgan fingerprint density at radius 2 is 1.79 bits per heavy atom. The summed E-state index contributed by atoms with van der Waals surface area (Å²) in [7, 11) is -3.53. The summed E-state index contributed by atoms with van der Waals surface area (Å²) in [6, 6.07) is 15.0. The second-order valence-electron chi connectivity index (χ2n) is 7.30. The Balaban J connectivity index is 1.83. The molecule has 2 heterocycles. The second kappa shape index (κ2) is 8.06. The molecular formula is C21H23N3O4S. The summed E-state index contributed by atoms with van der Waals surface area (Å²) in [5.74, 6) is -0.119. The Kier molecular flexibility index (Phi) is 5.49. The van der Waals surface area contributed by atoms with Crippen LogP contribution in [0.15, 0.2) is 53.3 Å². The summed E-state index contributed by atoms with van der Waals surface area (Å²) in [5.41, 5.74) is 2.31. The lowest BCUT2D eigenvalue weighted by molar-refractivity contribution is 0.0651. The smallest absolute Gasteiger partial charge is 0.274 e. The van der Waals surface area contributed by atoms with E-state index in [2.05, 4.69) is 0 Å². The van der Waals surface area contributed by atoms with E-state index in [1.807, 2.05) is 48.5 Å². The quantitative estimate of drug-likeness (QED) is 0.691. The third-order valence-corrected chi connectivity index (χ3v) is 6.01. The molecule has 4 rings (SSSR count). The number of aryl methyl sites for hydroxylation is 1. The highest BCUT2D eigenvalue weighted by Gasteiger charge is 2.21. The molecule has 0 radical (unpaired) electrons. The topological polar surface area (TPSA) is 104 Å². The predicted molar refractivity (Wildman–Crippen MR) is 112 cm³/mol. The number of sulfonamides is 1. The van der Waals surface area contributed by atoms with Crippen LogP contribution in [0.2, 0.25) is 0 Å². The van der Waals surface area contributed by atoms with E-state index in [1.165, 1.54) is 0 Å². The third-order valence-electron chi connectivity index (χ3n) is 5.24.